The molecular weight excluding hydrogens is 799 g/mol. The number of hydrogen-bond donors (Lipinski definition) is 0. The molecule has 0 unspecified atom stereocenters. The average molecular weight is 842 g/mol. The molecule has 310 valence electrons. The van der Waals surface area contributed by atoms with Crippen LogP contribution in [-0.4, -0.2) is 0 Å². The average Bonchev–Trinajstić information content (AvgIpc) is 3.94. The summed E-state index contributed by atoms with van der Waals surface area (Å²) < 4.78 is 6.32. The summed E-state index contributed by atoms with van der Waals surface area (Å²) in [7, 11) is 0. The summed E-state index contributed by atoms with van der Waals surface area (Å²) in [5, 5.41) is 2.23. The lowest BCUT2D eigenvalue weighted by Gasteiger charge is -2.35. The zero-order valence-corrected chi connectivity index (χ0v) is 36.7. The van der Waals surface area contributed by atoms with Gasteiger partial charge < -0.3 is 9.32 Å². The van der Waals surface area contributed by atoms with E-state index in [9.17, 15) is 0 Å². The van der Waals surface area contributed by atoms with Gasteiger partial charge in [0.2, 0.25) is 0 Å². The van der Waals surface area contributed by atoms with Gasteiger partial charge in [-0.25, -0.2) is 0 Å². The predicted octanol–water partition coefficient (Wildman–Crippen LogP) is 17.0. The number of rotatable bonds is 4. The maximum Gasteiger partial charge on any atom is 0.135 e. The van der Waals surface area contributed by atoms with E-state index >= 15 is 0 Å². The minimum absolute atomic E-state index is 0.131. The van der Waals surface area contributed by atoms with Gasteiger partial charge in [0.1, 0.15) is 11.2 Å². The molecule has 0 fully saturated rings. The Morgan fingerprint density at radius 3 is 1.41 bits per heavy atom. The van der Waals surface area contributed by atoms with Crippen molar-refractivity contribution < 1.29 is 4.42 Å². The van der Waals surface area contributed by atoms with Crippen LogP contribution in [0.4, 0.5) is 17.1 Å². The molecular formula is C64H43NO. The number of furan rings is 1. The molecule has 0 radical (unpaired) electrons. The van der Waals surface area contributed by atoms with Crippen LogP contribution in [0.2, 0.25) is 0 Å². The molecule has 3 aliphatic carbocycles. The van der Waals surface area contributed by atoms with E-state index in [-0.39, 0.29) is 5.41 Å². The van der Waals surface area contributed by atoms with Crippen LogP contribution < -0.4 is 4.90 Å². The lowest BCUT2D eigenvalue weighted by atomic mass is 9.65. The first kappa shape index (κ1) is 37.2. The van der Waals surface area contributed by atoms with Crippen LogP contribution in [0.1, 0.15) is 47.2 Å². The van der Waals surface area contributed by atoms with Gasteiger partial charge in [-0.3, -0.25) is 0 Å². The number of hydrogen-bond acceptors (Lipinski definition) is 2. The van der Waals surface area contributed by atoms with Gasteiger partial charge in [-0.1, -0.05) is 184 Å². The third-order valence-corrected chi connectivity index (χ3v) is 15.1. The molecule has 2 heteroatoms. The van der Waals surface area contributed by atoms with Crippen molar-refractivity contribution in [1.82, 2.24) is 0 Å². The first-order valence-corrected chi connectivity index (χ1v) is 23.1. The topological polar surface area (TPSA) is 16.4 Å². The second kappa shape index (κ2) is 13.7. The molecule has 0 N–H and O–H groups in total. The van der Waals surface area contributed by atoms with E-state index in [4.69, 9.17) is 4.42 Å². The van der Waals surface area contributed by atoms with E-state index in [1.165, 1.54) is 89.0 Å². The smallest absolute Gasteiger partial charge is 0.135 e. The number of para-hydroxylation sites is 1. The fraction of sp³-hybridized carbons (Fsp3) is 0.0625. The Bertz CT molecular complexity index is 3740. The van der Waals surface area contributed by atoms with Crippen molar-refractivity contribution in [2.75, 3.05) is 4.90 Å². The molecule has 1 heterocycles. The van der Waals surface area contributed by atoms with Gasteiger partial charge in [0.25, 0.3) is 0 Å². The number of anilines is 3. The van der Waals surface area contributed by atoms with E-state index in [0.29, 0.717) is 0 Å². The number of fused-ring (bicyclic) bond motifs is 18. The molecule has 3 aliphatic rings. The zero-order chi connectivity index (χ0) is 43.7. The Balaban J connectivity index is 0.943. The molecule has 10 aromatic carbocycles. The molecule has 0 saturated heterocycles. The van der Waals surface area contributed by atoms with E-state index in [0.717, 1.165) is 39.0 Å². The largest absolute Gasteiger partial charge is 0.456 e. The standard InChI is InChI=1S/C64H43NO/c1-63(2)55-22-10-5-19-49(55)51-35-32-44(39-59(51)63)65(43-33-36-62-54(38-43)53-21-9-14-26-61(53)66-62)42-30-27-40(28-31-42)41-29-34-52-50-20-8-13-25-58(50)64(60(52)37-41)56-23-11-6-17-47(56)45-15-3-4-16-46(45)48-18-7-12-24-57(48)64/h3-39H,1-2H3. The molecule has 0 aliphatic heterocycles. The maximum atomic E-state index is 6.32. The Labute approximate surface area is 384 Å². The van der Waals surface area contributed by atoms with Crippen LogP contribution in [-0.2, 0) is 10.8 Å². The highest BCUT2D eigenvalue weighted by Gasteiger charge is 2.49. The van der Waals surface area contributed by atoms with Crippen LogP contribution in [0.15, 0.2) is 229 Å². The van der Waals surface area contributed by atoms with Gasteiger partial charge in [0.15, 0.2) is 0 Å². The zero-order valence-electron chi connectivity index (χ0n) is 36.7. The van der Waals surface area contributed by atoms with Crippen molar-refractivity contribution in [3.63, 3.8) is 0 Å². The normalized spacial score (nSPS) is 14.2. The third-order valence-electron chi connectivity index (χ3n) is 15.1. The monoisotopic (exact) mass is 841 g/mol. The van der Waals surface area contributed by atoms with Crippen molar-refractivity contribution in [3.05, 3.63) is 258 Å². The Morgan fingerprint density at radius 2 is 0.742 bits per heavy atom. The van der Waals surface area contributed by atoms with Crippen molar-refractivity contribution in [3.8, 4) is 55.6 Å². The first-order chi connectivity index (χ1) is 32.5. The van der Waals surface area contributed by atoms with E-state index in [2.05, 4.69) is 237 Å². The molecule has 0 atom stereocenters. The molecule has 1 aromatic heterocycles. The minimum atomic E-state index is -0.526. The van der Waals surface area contributed by atoms with Crippen LogP contribution >= 0.6 is 0 Å². The highest BCUT2D eigenvalue weighted by molar-refractivity contribution is 6.07. The van der Waals surface area contributed by atoms with Gasteiger partial charge >= 0.3 is 0 Å². The minimum Gasteiger partial charge on any atom is -0.456 e. The van der Waals surface area contributed by atoms with Crippen molar-refractivity contribution in [2.45, 2.75) is 24.7 Å². The number of benzene rings is 10. The molecule has 14 rings (SSSR count). The van der Waals surface area contributed by atoms with Crippen molar-refractivity contribution >= 4 is 39.0 Å². The van der Waals surface area contributed by atoms with Crippen molar-refractivity contribution in [2.24, 2.45) is 0 Å². The molecule has 66 heavy (non-hydrogen) atoms. The number of nitrogens with zero attached hydrogens (tertiary/aromatic N) is 1. The highest BCUT2D eigenvalue weighted by atomic mass is 16.3. The Morgan fingerprint density at radius 1 is 0.303 bits per heavy atom. The summed E-state index contributed by atoms with van der Waals surface area (Å²) in [6, 6.07) is 83.5. The molecule has 2 nitrogen and oxygen atoms in total. The van der Waals surface area contributed by atoms with Gasteiger partial charge in [-0.05, 0) is 144 Å². The van der Waals surface area contributed by atoms with Gasteiger partial charge in [-0.2, -0.15) is 0 Å². The van der Waals surface area contributed by atoms with Gasteiger partial charge in [0.05, 0.1) is 5.41 Å². The molecule has 0 saturated carbocycles. The summed E-state index contributed by atoms with van der Waals surface area (Å²) in [4.78, 5) is 2.41. The summed E-state index contributed by atoms with van der Waals surface area (Å²) in [6.45, 7) is 4.71. The summed E-state index contributed by atoms with van der Waals surface area (Å²) >= 11 is 0. The van der Waals surface area contributed by atoms with Crippen LogP contribution in [0, 0.1) is 0 Å². The van der Waals surface area contributed by atoms with E-state index in [1.807, 2.05) is 6.07 Å². The SMILES string of the molecule is CC1(C)c2ccccc2-c2ccc(N(c3ccc(-c4ccc5c(c4)C4(c6ccccc6-c6ccccc6-c6ccccc64)c4ccccc4-5)cc3)c3ccc4oc5ccccc5c4c3)cc21. The highest BCUT2D eigenvalue weighted by Crippen LogP contribution is 2.62. The summed E-state index contributed by atoms with van der Waals surface area (Å²) in [5.41, 5.74) is 25.1. The Hall–Kier alpha value is -8.20. The maximum absolute atomic E-state index is 6.32. The second-order valence-corrected chi connectivity index (χ2v) is 18.8. The Kier molecular flexibility index (Phi) is 7.70. The predicted molar refractivity (Wildman–Crippen MR) is 273 cm³/mol. The van der Waals surface area contributed by atoms with Crippen LogP contribution in [0.5, 0.6) is 0 Å². The molecule has 11 aromatic rings. The van der Waals surface area contributed by atoms with Crippen LogP contribution in [0.3, 0.4) is 0 Å². The van der Waals surface area contributed by atoms with Crippen LogP contribution in [0.25, 0.3) is 77.6 Å². The summed E-state index contributed by atoms with van der Waals surface area (Å²) in [6.07, 6.45) is 0. The first-order valence-electron chi connectivity index (χ1n) is 23.1. The summed E-state index contributed by atoms with van der Waals surface area (Å²) in [5.74, 6) is 0. The third kappa shape index (κ3) is 5.01. The van der Waals surface area contributed by atoms with E-state index < -0.39 is 5.41 Å². The lowest BCUT2D eigenvalue weighted by molar-refractivity contribution is 0.660. The molecule has 1 spiro atoms. The second-order valence-electron chi connectivity index (χ2n) is 18.8. The van der Waals surface area contributed by atoms with Crippen molar-refractivity contribution in [1.29, 1.82) is 0 Å². The van der Waals surface area contributed by atoms with Gasteiger partial charge in [0, 0.05) is 33.2 Å². The van der Waals surface area contributed by atoms with E-state index in [1.54, 1.807) is 0 Å². The quantitative estimate of drug-likeness (QED) is 0.176. The fourth-order valence-corrected chi connectivity index (χ4v) is 12.2. The lowest BCUT2D eigenvalue weighted by Crippen LogP contribution is -2.29. The molecule has 0 bridgehead atoms. The fourth-order valence-electron chi connectivity index (χ4n) is 12.2. The molecule has 0 amide bonds. The van der Waals surface area contributed by atoms with Gasteiger partial charge in [-0.15, -0.1) is 0 Å².